The smallest absolute Gasteiger partial charge is 0.238 e. The second kappa shape index (κ2) is 9.65. The van der Waals surface area contributed by atoms with Gasteiger partial charge in [0.15, 0.2) is 5.82 Å². The maximum absolute atomic E-state index is 12.0. The van der Waals surface area contributed by atoms with Crippen molar-refractivity contribution in [2.24, 2.45) is 0 Å². The first kappa shape index (κ1) is 18.8. The number of aryl methyl sites for hydroxylation is 1. The van der Waals surface area contributed by atoms with E-state index in [0.717, 1.165) is 32.7 Å². The molecule has 9 heteroatoms. The fourth-order valence-electron chi connectivity index (χ4n) is 2.27. The lowest BCUT2D eigenvalue weighted by Gasteiger charge is -2.27. The molecule has 2 amide bonds. The lowest BCUT2D eigenvalue weighted by Crippen LogP contribution is -2.46. The van der Waals surface area contributed by atoms with E-state index in [4.69, 9.17) is 4.52 Å². The minimum atomic E-state index is -0.346. The zero-order valence-corrected chi connectivity index (χ0v) is 14.9. The van der Waals surface area contributed by atoms with Gasteiger partial charge in [0.05, 0.1) is 11.0 Å². The molecular formula is C15H25N5O3S. The largest absolute Gasteiger partial charge is 0.360 e. The normalized spacial score (nSPS) is 16.6. The predicted molar refractivity (Wildman–Crippen MR) is 94.1 cm³/mol. The topological polar surface area (TPSA) is 99.5 Å². The van der Waals surface area contributed by atoms with E-state index in [1.54, 1.807) is 19.9 Å². The van der Waals surface area contributed by atoms with Crippen LogP contribution in [0.25, 0.3) is 0 Å². The Hall–Kier alpha value is -1.58. The van der Waals surface area contributed by atoms with Gasteiger partial charge in [-0.1, -0.05) is 5.16 Å². The van der Waals surface area contributed by atoms with Crippen molar-refractivity contribution < 1.29 is 14.1 Å². The number of rotatable bonds is 8. The molecule has 1 aromatic heterocycles. The van der Waals surface area contributed by atoms with Crippen LogP contribution in [0, 0.1) is 6.92 Å². The quantitative estimate of drug-likeness (QED) is 0.606. The third-order valence-electron chi connectivity index (χ3n) is 3.67. The Balaban J connectivity index is 1.58. The van der Waals surface area contributed by atoms with E-state index in [-0.39, 0.29) is 22.8 Å². The summed E-state index contributed by atoms with van der Waals surface area (Å²) in [6.07, 6.45) is 0. The fraction of sp³-hybridized carbons (Fsp3) is 0.667. The van der Waals surface area contributed by atoms with Crippen LogP contribution in [0.2, 0.25) is 0 Å². The maximum atomic E-state index is 12.0. The molecule has 0 radical (unpaired) electrons. The highest BCUT2D eigenvalue weighted by atomic mass is 32.2. The molecule has 1 saturated heterocycles. The molecule has 1 atom stereocenters. The summed E-state index contributed by atoms with van der Waals surface area (Å²) in [6.45, 7) is 9.06. The monoisotopic (exact) mass is 355 g/mol. The van der Waals surface area contributed by atoms with Crippen LogP contribution in [0.5, 0.6) is 0 Å². The molecule has 1 unspecified atom stereocenters. The average Bonchev–Trinajstić information content (AvgIpc) is 2.98. The van der Waals surface area contributed by atoms with Crippen LogP contribution < -0.4 is 16.0 Å². The number of piperazine rings is 1. The molecule has 24 heavy (non-hydrogen) atoms. The molecule has 134 valence electrons. The van der Waals surface area contributed by atoms with Gasteiger partial charge in [-0.05, 0) is 13.8 Å². The van der Waals surface area contributed by atoms with Gasteiger partial charge in [-0.15, -0.1) is 11.8 Å². The fourth-order valence-corrected chi connectivity index (χ4v) is 2.98. The highest BCUT2D eigenvalue weighted by Crippen LogP contribution is 2.14. The van der Waals surface area contributed by atoms with Gasteiger partial charge in [-0.3, -0.25) is 14.5 Å². The summed E-state index contributed by atoms with van der Waals surface area (Å²) < 4.78 is 4.89. The number of carbonyl (C=O) groups excluding carboxylic acids is 2. The van der Waals surface area contributed by atoms with Gasteiger partial charge in [0, 0.05) is 45.3 Å². The standard InChI is InChI=1S/C15H25N5O3S/c1-11-9-13(19-23-11)18-15(22)12(2)24-10-14(21)17-5-8-20-6-3-16-4-7-20/h9,12,16H,3-8,10H2,1-2H3,(H,17,21)(H,18,19,22). The van der Waals surface area contributed by atoms with E-state index < -0.39 is 0 Å². The summed E-state index contributed by atoms with van der Waals surface area (Å²) >= 11 is 1.30. The van der Waals surface area contributed by atoms with Crippen molar-refractivity contribution in [2.45, 2.75) is 19.1 Å². The highest BCUT2D eigenvalue weighted by molar-refractivity contribution is 8.01. The molecule has 0 spiro atoms. The molecule has 0 saturated carbocycles. The molecule has 1 fully saturated rings. The van der Waals surface area contributed by atoms with Crippen molar-refractivity contribution in [2.75, 3.05) is 50.3 Å². The summed E-state index contributed by atoms with van der Waals surface area (Å²) in [7, 11) is 0. The van der Waals surface area contributed by atoms with Gasteiger partial charge < -0.3 is 20.5 Å². The zero-order chi connectivity index (χ0) is 17.4. The Morgan fingerprint density at radius 3 is 2.88 bits per heavy atom. The Bertz CT molecular complexity index is 545. The number of anilines is 1. The van der Waals surface area contributed by atoms with Crippen molar-refractivity contribution in [3.63, 3.8) is 0 Å². The van der Waals surface area contributed by atoms with Crippen molar-refractivity contribution in [1.82, 2.24) is 20.7 Å². The number of thioether (sulfide) groups is 1. The van der Waals surface area contributed by atoms with E-state index in [2.05, 4.69) is 26.0 Å². The van der Waals surface area contributed by atoms with Crippen LogP contribution in [0.3, 0.4) is 0 Å². The van der Waals surface area contributed by atoms with Crippen LogP contribution >= 0.6 is 11.8 Å². The van der Waals surface area contributed by atoms with Crippen molar-refractivity contribution in [3.05, 3.63) is 11.8 Å². The van der Waals surface area contributed by atoms with Crippen LogP contribution in [0.15, 0.2) is 10.6 Å². The van der Waals surface area contributed by atoms with Crippen LogP contribution in [0.4, 0.5) is 5.82 Å². The van der Waals surface area contributed by atoms with E-state index >= 15 is 0 Å². The van der Waals surface area contributed by atoms with Gasteiger partial charge in [0.25, 0.3) is 0 Å². The van der Waals surface area contributed by atoms with E-state index in [0.29, 0.717) is 18.1 Å². The Morgan fingerprint density at radius 2 is 2.21 bits per heavy atom. The second-order valence-electron chi connectivity index (χ2n) is 5.71. The molecule has 0 aromatic carbocycles. The number of hydrogen-bond donors (Lipinski definition) is 3. The molecule has 1 aliphatic rings. The van der Waals surface area contributed by atoms with E-state index in [1.165, 1.54) is 11.8 Å². The molecule has 3 N–H and O–H groups in total. The Labute approximate surface area is 146 Å². The van der Waals surface area contributed by atoms with E-state index in [1.807, 2.05) is 0 Å². The van der Waals surface area contributed by atoms with Crippen LogP contribution in [-0.2, 0) is 9.59 Å². The summed E-state index contributed by atoms with van der Waals surface area (Å²) in [5.74, 6) is 1.04. The summed E-state index contributed by atoms with van der Waals surface area (Å²) in [4.78, 5) is 26.2. The third-order valence-corrected chi connectivity index (χ3v) is 4.82. The highest BCUT2D eigenvalue weighted by Gasteiger charge is 2.17. The Kier molecular flexibility index (Phi) is 7.54. The van der Waals surface area contributed by atoms with Gasteiger partial charge >= 0.3 is 0 Å². The summed E-state index contributed by atoms with van der Waals surface area (Å²) in [5, 5.41) is 12.2. The molecule has 2 heterocycles. The second-order valence-corrected chi connectivity index (χ2v) is 7.04. The first-order valence-electron chi connectivity index (χ1n) is 8.10. The first-order chi connectivity index (χ1) is 11.5. The van der Waals surface area contributed by atoms with Crippen molar-refractivity contribution >= 4 is 29.4 Å². The summed E-state index contributed by atoms with van der Waals surface area (Å²) in [5.41, 5.74) is 0. The summed E-state index contributed by atoms with van der Waals surface area (Å²) in [6, 6.07) is 1.65. The lowest BCUT2D eigenvalue weighted by atomic mass is 10.3. The molecular weight excluding hydrogens is 330 g/mol. The zero-order valence-electron chi connectivity index (χ0n) is 14.1. The maximum Gasteiger partial charge on any atom is 0.238 e. The molecule has 1 aliphatic heterocycles. The molecule has 8 nitrogen and oxygen atoms in total. The van der Waals surface area contributed by atoms with Gasteiger partial charge in [-0.2, -0.15) is 0 Å². The van der Waals surface area contributed by atoms with Crippen molar-refractivity contribution in [1.29, 1.82) is 0 Å². The van der Waals surface area contributed by atoms with Gasteiger partial charge in [0.2, 0.25) is 11.8 Å². The van der Waals surface area contributed by atoms with E-state index in [9.17, 15) is 9.59 Å². The lowest BCUT2D eigenvalue weighted by molar-refractivity contribution is -0.118. The van der Waals surface area contributed by atoms with Gasteiger partial charge in [-0.25, -0.2) is 0 Å². The number of nitrogens with zero attached hydrogens (tertiary/aromatic N) is 2. The van der Waals surface area contributed by atoms with Crippen molar-refractivity contribution in [3.8, 4) is 0 Å². The number of hydrogen-bond acceptors (Lipinski definition) is 7. The number of amides is 2. The first-order valence-corrected chi connectivity index (χ1v) is 9.15. The number of nitrogens with one attached hydrogen (secondary N) is 3. The minimum Gasteiger partial charge on any atom is -0.360 e. The molecule has 2 rings (SSSR count). The van der Waals surface area contributed by atoms with Crippen LogP contribution in [-0.4, -0.2) is 72.1 Å². The SMILES string of the molecule is Cc1cc(NC(=O)C(C)SCC(=O)NCCN2CCNCC2)no1. The number of aromatic nitrogens is 1. The molecule has 0 bridgehead atoms. The van der Waals surface area contributed by atoms with Crippen LogP contribution in [0.1, 0.15) is 12.7 Å². The number of carbonyl (C=O) groups is 2. The molecule has 0 aliphatic carbocycles. The molecule has 1 aromatic rings. The predicted octanol–water partition coefficient (Wildman–Crippen LogP) is 0.0646. The minimum absolute atomic E-state index is 0.0490. The third kappa shape index (κ3) is 6.50. The van der Waals surface area contributed by atoms with Gasteiger partial charge in [0.1, 0.15) is 5.76 Å². The Morgan fingerprint density at radius 1 is 1.46 bits per heavy atom. The average molecular weight is 355 g/mol.